The first-order valence-corrected chi connectivity index (χ1v) is 14.4. The summed E-state index contributed by atoms with van der Waals surface area (Å²) in [6.45, 7) is 8.07. The second-order valence-corrected chi connectivity index (χ2v) is 12.4. The molecule has 0 fully saturated rings. The first kappa shape index (κ1) is 22.1. The smallest absolute Gasteiger partial charge is 0.213 e. The van der Waals surface area contributed by atoms with E-state index in [-0.39, 0.29) is 0 Å². The van der Waals surface area contributed by atoms with Gasteiger partial charge >= 0.3 is 0 Å². The lowest BCUT2D eigenvalue weighted by atomic mass is 9.88. The molecule has 0 saturated carbocycles. The van der Waals surface area contributed by atoms with Crippen molar-refractivity contribution in [3.63, 3.8) is 0 Å². The highest BCUT2D eigenvalue weighted by Gasteiger charge is 2.28. The van der Waals surface area contributed by atoms with Crippen molar-refractivity contribution in [2.45, 2.75) is 34.1 Å². The average Bonchev–Trinajstić information content (AvgIpc) is 3.62. The minimum absolute atomic E-state index is 0.530. The zero-order valence-corrected chi connectivity index (χ0v) is 24.2. The Morgan fingerprint density at radius 1 is 0.707 bits per heavy atom. The molecule has 0 atom stereocenters. The average molecular weight is 535 g/mol. The monoisotopic (exact) mass is 534 g/mol. The van der Waals surface area contributed by atoms with Gasteiger partial charge in [0.05, 0.1) is 33.1 Å². The molecule has 0 aliphatic heterocycles. The number of para-hydroxylation sites is 3. The Hall–Kier alpha value is -4.63. The lowest BCUT2D eigenvalue weighted by Gasteiger charge is -2.17. The minimum Gasteiger partial charge on any atom is -0.307 e. The van der Waals surface area contributed by atoms with Crippen LogP contribution in [0.4, 0.5) is 0 Å². The molecular formula is C38H34N3+. The van der Waals surface area contributed by atoms with Gasteiger partial charge in [0.2, 0.25) is 5.69 Å². The quantitative estimate of drug-likeness (QED) is 0.201. The molecule has 8 aromatic rings. The number of pyridine rings is 1. The molecule has 41 heavy (non-hydrogen) atoms. The molecule has 0 radical (unpaired) electrons. The molecule has 0 N–H and O–H groups in total. The summed E-state index contributed by atoms with van der Waals surface area (Å²) in [5.41, 5.74) is 10.8. The molecule has 0 amide bonds. The van der Waals surface area contributed by atoms with Gasteiger partial charge in [0.25, 0.3) is 0 Å². The molecule has 4 heterocycles. The maximum atomic E-state index is 8.91. The van der Waals surface area contributed by atoms with Gasteiger partial charge in [-0.3, -0.25) is 0 Å². The molecular weight excluding hydrogens is 498 g/mol. The number of hydrogen-bond acceptors (Lipinski definition) is 0. The van der Waals surface area contributed by atoms with Gasteiger partial charge in [-0.15, -0.1) is 0 Å². The van der Waals surface area contributed by atoms with E-state index in [1.807, 2.05) is 40.1 Å². The van der Waals surface area contributed by atoms with E-state index in [4.69, 9.17) is 2.74 Å². The number of nitrogens with zero attached hydrogens (tertiary/aromatic N) is 3. The van der Waals surface area contributed by atoms with Gasteiger partial charge in [-0.2, -0.15) is 0 Å². The van der Waals surface area contributed by atoms with E-state index in [0.717, 1.165) is 16.9 Å². The lowest BCUT2D eigenvalue weighted by Crippen LogP contribution is -2.32. The van der Waals surface area contributed by atoms with E-state index >= 15 is 0 Å². The maximum Gasteiger partial charge on any atom is 0.213 e. The number of aromatic nitrogens is 3. The summed E-state index contributed by atoms with van der Waals surface area (Å²) in [6, 6.07) is 34.6. The molecule has 4 aromatic carbocycles. The van der Waals surface area contributed by atoms with E-state index in [2.05, 4.69) is 111 Å². The normalized spacial score (nSPS) is 13.7. The lowest BCUT2D eigenvalue weighted by molar-refractivity contribution is -0.660. The van der Waals surface area contributed by atoms with Crippen LogP contribution in [0.5, 0.6) is 0 Å². The van der Waals surface area contributed by atoms with Crippen LogP contribution in [-0.4, -0.2) is 8.97 Å². The Morgan fingerprint density at radius 3 is 2.22 bits per heavy atom. The van der Waals surface area contributed by atoms with Crippen molar-refractivity contribution in [2.75, 3.05) is 0 Å². The third-order valence-electron chi connectivity index (χ3n) is 8.41. The van der Waals surface area contributed by atoms with Gasteiger partial charge < -0.3 is 8.97 Å². The van der Waals surface area contributed by atoms with E-state index in [1.165, 1.54) is 54.7 Å². The zero-order valence-electron chi connectivity index (χ0n) is 26.2. The Labute approximate surface area is 243 Å². The second-order valence-electron chi connectivity index (χ2n) is 12.4. The van der Waals surface area contributed by atoms with Gasteiger partial charge in [-0.25, -0.2) is 4.57 Å². The fourth-order valence-electron chi connectivity index (χ4n) is 6.92. The highest BCUT2D eigenvalue weighted by atomic mass is 15.0. The molecule has 200 valence electrons. The van der Waals surface area contributed by atoms with Crippen LogP contribution < -0.4 is 4.57 Å². The highest BCUT2D eigenvalue weighted by Crippen LogP contribution is 2.46. The molecule has 3 heteroatoms. The summed E-state index contributed by atoms with van der Waals surface area (Å²) in [7, 11) is 2.04. The Morgan fingerprint density at radius 2 is 1.44 bits per heavy atom. The van der Waals surface area contributed by atoms with Crippen molar-refractivity contribution in [3.05, 3.63) is 114 Å². The van der Waals surface area contributed by atoms with Crippen LogP contribution >= 0.6 is 0 Å². The van der Waals surface area contributed by atoms with Crippen molar-refractivity contribution >= 4 is 49.1 Å². The summed E-state index contributed by atoms with van der Waals surface area (Å²) in [4.78, 5) is 0. The molecule has 3 nitrogen and oxygen atoms in total. The standard InChI is InChI=1S/C38H34N3/c1-24-18-20-32-34(33(24)31-21-19-25(23-39(31)5)22-38(2,3)4)37-36(40(32)26-12-7-6-8-13-26)29-16-11-15-28-27-14-9-10-17-30(27)41(37)35(28)29/h6-21,23H,22H2,1-5H3/q+1/i22D2. The van der Waals surface area contributed by atoms with Gasteiger partial charge in [-0.05, 0) is 54.6 Å². The second kappa shape index (κ2) is 8.44. The van der Waals surface area contributed by atoms with Gasteiger partial charge in [0.1, 0.15) is 7.05 Å². The summed E-state index contributed by atoms with van der Waals surface area (Å²) in [5.74, 6) is 0. The van der Waals surface area contributed by atoms with E-state index in [9.17, 15) is 0 Å². The highest BCUT2D eigenvalue weighted by molar-refractivity contribution is 6.29. The minimum atomic E-state index is -1.47. The predicted octanol–water partition coefficient (Wildman–Crippen LogP) is 9.17. The maximum absolute atomic E-state index is 8.91. The fraction of sp³-hybridized carbons (Fsp3) is 0.184. The Kier molecular flexibility index (Phi) is 4.55. The topological polar surface area (TPSA) is 13.2 Å². The van der Waals surface area contributed by atoms with Crippen LogP contribution in [0, 0.1) is 12.3 Å². The van der Waals surface area contributed by atoms with Crippen molar-refractivity contribution in [2.24, 2.45) is 12.5 Å². The zero-order chi connectivity index (χ0) is 29.8. The summed E-state index contributed by atoms with van der Waals surface area (Å²) in [6.07, 6.45) is 0.505. The van der Waals surface area contributed by atoms with Crippen molar-refractivity contribution in [1.29, 1.82) is 0 Å². The SMILES string of the molecule is [2H]C([2H])(c1ccc(-c2c(C)ccc3c2c2c(c4cccc5c6ccccc6n2c54)n3-c2ccccc2)[n+](C)c1)C(C)(C)C. The predicted molar refractivity (Wildman–Crippen MR) is 172 cm³/mol. The molecule has 0 saturated heterocycles. The van der Waals surface area contributed by atoms with Crippen LogP contribution in [-0.2, 0) is 13.4 Å². The molecule has 0 spiro atoms. The molecule has 0 aliphatic rings. The van der Waals surface area contributed by atoms with Crippen LogP contribution in [0.3, 0.4) is 0 Å². The first-order valence-electron chi connectivity index (χ1n) is 15.4. The molecule has 0 aliphatic carbocycles. The summed E-state index contributed by atoms with van der Waals surface area (Å²) in [5, 5.41) is 4.98. The van der Waals surface area contributed by atoms with E-state index < -0.39 is 11.8 Å². The van der Waals surface area contributed by atoms with Crippen molar-refractivity contribution in [3.8, 4) is 16.9 Å². The third-order valence-corrected chi connectivity index (χ3v) is 8.41. The Bertz CT molecular complexity index is 2370. The first-order chi connectivity index (χ1) is 20.6. The summed E-state index contributed by atoms with van der Waals surface area (Å²) < 4.78 is 24.8. The molecule has 0 unspecified atom stereocenters. The summed E-state index contributed by atoms with van der Waals surface area (Å²) >= 11 is 0. The number of rotatable bonds is 3. The molecule has 8 rings (SSSR count). The van der Waals surface area contributed by atoms with Crippen molar-refractivity contribution in [1.82, 2.24) is 8.97 Å². The Balaban J connectivity index is 1.58. The largest absolute Gasteiger partial charge is 0.307 e. The molecule has 4 aromatic heterocycles. The van der Waals surface area contributed by atoms with E-state index in [0.29, 0.717) is 5.56 Å². The van der Waals surface area contributed by atoms with Crippen LogP contribution in [0.25, 0.3) is 66.1 Å². The number of hydrogen-bond donors (Lipinski definition) is 0. The van der Waals surface area contributed by atoms with Gasteiger partial charge in [0, 0.05) is 41.6 Å². The number of fused-ring (bicyclic) bond motifs is 8. The van der Waals surface area contributed by atoms with Gasteiger partial charge in [-0.1, -0.05) is 81.4 Å². The van der Waals surface area contributed by atoms with Gasteiger partial charge in [0.15, 0.2) is 6.20 Å². The fourth-order valence-corrected chi connectivity index (χ4v) is 6.92. The molecule has 0 bridgehead atoms. The van der Waals surface area contributed by atoms with Crippen molar-refractivity contribution < 1.29 is 7.31 Å². The number of benzene rings is 4. The third kappa shape index (κ3) is 3.42. The van der Waals surface area contributed by atoms with Crippen LogP contribution in [0.1, 0.15) is 34.6 Å². The van der Waals surface area contributed by atoms with Crippen LogP contribution in [0.2, 0.25) is 0 Å². The number of aryl methyl sites for hydroxylation is 2. The van der Waals surface area contributed by atoms with E-state index in [1.54, 1.807) is 0 Å². The van der Waals surface area contributed by atoms with Crippen LogP contribution in [0.15, 0.2) is 103 Å².